The lowest BCUT2D eigenvalue weighted by molar-refractivity contribution is 0.402. The van der Waals surface area contributed by atoms with Crippen LogP contribution in [0, 0.1) is 0 Å². The maximum atomic E-state index is 12.2. The predicted molar refractivity (Wildman–Crippen MR) is 79.3 cm³/mol. The Kier molecular flexibility index (Phi) is 4.98. The van der Waals surface area contributed by atoms with Gasteiger partial charge in [0.15, 0.2) is 0 Å². The molecule has 0 aliphatic heterocycles. The highest BCUT2D eigenvalue weighted by Gasteiger charge is 2.21. The Morgan fingerprint density at radius 1 is 1.35 bits per heavy atom. The smallest absolute Gasteiger partial charge is 0.274 e. The number of hydrogen-bond donors (Lipinski definition) is 2. The molecule has 7 heteroatoms. The Hall–Kier alpha value is -1.15. The second-order valence-corrected chi connectivity index (χ2v) is 7.03. The fourth-order valence-corrected chi connectivity index (χ4v) is 3.77. The van der Waals surface area contributed by atoms with Crippen LogP contribution in [0.5, 0.6) is 0 Å². The summed E-state index contributed by atoms with van der Waals surface area (Å²) in [5, 5.41) is 6.87. The third-order valence-corrected chi connectivity index (χ3v) is 4.93. The van der Waals surface area contributed by atoms with E-state index in [9.17, 15) is 8.42 Å². The first kappa shape index (κ1) is 15.2. The van der Waals surface area contributed by atoms with Gasteiger partial charge in [0, 0.05) is 6.04 Å². The largest absolute Gasteiger partial charge is 0.447 e. The summed E-state index contributed by atoms with van der Waals surface area (Å²) in [5.41, 5.74) is 1.13. The first-order valence-corrected chi connectivity index (χ1v) is 8.70. The van der Waals surface area contributed by atoms with Crippen LogP contribution < -0.4 is 10.0 Å². The van der Waals surface area contributed by atoms with Crippen LogP contribution in [0.25, 0.3) is 0 Å². The average molecular weight is 314 g/mol. The highest BCUT2D eigenvalue weighted by atomic mass is 32.2. The minimum Gasteiger partial charge on any atom is -0.447 e. The molecule has 0 aliphatic carbocycles. The summed E-state index contributed by atoms with van der Waals surface area (Å²) in [4.78, 5) is 0. The molecule has 0 saturated carbocycles. The van der Waals surface area contributed by atoms with Crippen molar-refractivity contribution in [3.63, 3.8) is 0 Å². The van der Waals surface area contributed by atoms with E-state index < -0.39 is 10.0 Å². The average Bonchev–Trinajstić information content (AvgIpc) is 3.00. The van der Waals surface area contributed by atoms with Crippen molar-refractivity contribution < 1.29 is 12.8 Å². The Labute approximate surface area is 123 Å². The monoisotopic (exact) mass is 314 g/mol. The molecule has 2 aromatic rings. The molecule has 2 rings (SSSR count). The van der Waals surface area contributed by atoms with Crippen LogP contribution in [0.2, 0.25) is 0 Å². The van der Waals surface area contributed by atoms with Gasteiger partial charge in [-0.1, -0.05) is 0 Å². The third kappa shape index (κ3) is 3.92. The number of hydrogen-bond acceptors (Lipinski definition) is 5. The van der Waals surface area contributed by atoms with Gasteiger partial charge in [-0.3, -0.25) is 0 Å². The molecule has 0 fully saturated rings. The second kappa shape index (κ2) is 6.53. The van der Waals surface area contributed by atoms with Gasteiger partial charge in [-0.05, 0) is 54.9 Å². The molecular formula is C13H18N2O3S2. The summed E-state index contributed by atoms with van der Waals surface area (Å²) in [7, 11) is -1.83. The van der Waals surface area contributed by atoms with Gasteiger partial charge in [0.1, 0.15) is 5.76 Å². The van der Waals surface area contributed by atoms with Crippen molar-refractivity contribution in [3.8, 4) is 0 Å². The van der Waals surface area contributed by atoms with E-state index in [2.05, 4.69) is 10.0 Å². The third-order valence-electron chi connectivity index (χ3n) is 2.73. The molecule has 110 valence electrons. The summed E-state index contributed by atoms with van der Waals surface area (Å²) in [5.74, 6) is 0.596. The van der Waals surface area contributed by atoms with Crippen LogP contribution >= 0.6 is 11.3 Å². The van der Waals surface area contributed by atoms with E-state index in [4.69, 9.17) is 4.42 Å². The molecule has 0 saturated heterocycles. The molecule has 0 spiro atoms. The Morgan fingerprint density at radius 3 is 2.80 bits per heavy atom. The van der Waals surface area contributed by atoms with Crippen molar-refractivity contribution in [2.45, 2.75) is 31.0 Å². The first-order valence-electron chi connectivity index (χ1n) is 6.28. The van der Waals surface area contributed by atoms with Crippen LogP contribution in [0.4, 0.5) is 0 Å². The normalized spacial score (nSPS) is 13.5. The van der Waals surface area contributed by atoms with Crippen LogP contribution in [-0.4, -0.2) is 21.5 Å². The second-order valence-electron chi connectivity index (χ2n) is 4.61. The summed E-state index contributed by atoms with van der Waals surface area (Å²) in [6, 6.07) is 4.95. The van der Waals surface area contributed by atoms with Crippen molar-refractivity contribution >= 4 is 21.4 Å². The van der Waals surface area contributed by atoms with Crippen molar-refractivity contribution in [1.29, 1.82) is 0 Å². The Morgan fingerprint density at radius 2 is 2.15 bits per heavy atom. The minimum absolute atomic E-state index is 0.0417. The van der Waals surface area contributed by atoms with E-state index in [0.717, 1.165) is 5.56 Å². The van der Waals surface area contributed by atoms with Gasteiger partial charge in [-0.25, -0.2) is 13.1 Å². The standard InChI is InChI=1S/C13H18N2O3S2/c1-10(7-11-5-6-19-9-11)15-20(16,17)13-4-3-12(18-13)8-14-2/h3-6,9-10,14-15H,7-8H2,1-2H3. The summed E-state index contributed by atoms with van der Waals surface area (Å²) in [6.07, 6.45) is 0.660. The molecule has 5 nitrogen and oxygen atoms in total. The molecule has 0 aromatic carbocycles. The zero-order valence-corrected chi connectivity index (χ0v) is 13.1. The quantitative estimate of drug-likeness (QED) is 0.819. The van der Waals surface area contributed by atoms with Gasteiger partial charge < -0.3 is 9.73 Å². The maximum Gasteiger partial charge on any atom is 0.274 e. The molecule has 2 aromatic heterocycles. The Balaban J connectivity index is 2.02. The molecule has 1 unspecified atom stereocenters. The van der Waals surface area contributed by atoms with E-state index in [1.54, 1.807) is 24.5 Å². The Bertz CT molecular complexity index is 632. The zero-order valence-electron chi connectivity index (χ0n) is 11.4. The van der Waals surface area contributed by atoms with E-state index in [1.807, 2.05) is 23.8 Å². The molecule has 0 bridgehead atoms. The molecule has 0 aliphatic rings. The maximum absolute atomic E-state index is 12.2. The van der Waals surface area contributed by atoms with Gasteiger partial charge in [-0.2, -0.15) is 11.3 Å². The van der Waals surface area contributed by atoms with Gasteiger partial charge in [-0.15, -0.1) is 0 Å². The van der Waals surface area contributed by atoms with Gasteiger partial charge in [0.2, 0.25) is 5.09 Å². The number of thiophene rings is 1. The van der Waals surface area contributed by atoms with Gasteiger partial charge in [0.05, 0.1) is 6.54 Å². The van der Waals surface area contributed by atoms with Crippen LogP contribution in [0.1, 0.15) is 18.2 Å². The molecule has 20 heavy (non-hydrogen) atoms. The van der Waals surface area contributed by atoms with Crippen molar-refractivity contribution in [2.24, 2.45) is 0 Å². The topological polar surface area (TPSA) is 71.3 Å². The molecule has 0 radical (unpaired) electrons. The molecule has 2 N–H and O–H groups in total. The van der Waals surface area contributed by atoms with Crippen molar-refractivity contribution in [2.75, 3.05) is 7.05 Å². The summed E-state index contributed by atoms with van der Waals surface area (Å²) < 4.78 is 32.3. The van der Waals surface area contributed by atoms with Crippen LogP contribution in [-0.2, 0) is 23.0 Å². The van der Waals surface area contributed by atoms with E-state index in [0.29, 0.717) is 18.7 Å². The summed E-state index contributed by atoms with van der Waals surface area (Å²) >= 11 is 1.60. The molecular weight excluding hydrogens is 296 g/mol. The fraction of sp³-hybridized carbons (Fsp3) is 0.385. The molecule has 0 amide bonds. The number of rotatable bonds is 7. The van der Waals surface area contributed by atoms with E-state index >= 15 is 0 Å². The number of sulfonamides is 1. The van der Waals surface area contributed by atoms with Gasteiger partial charge >= 0.3 is 0 Å². The SMILES string of the molecule is CNCc1ccc(S(=O)(=O)NC(C)Cc2ccsc2)o1. The molecule has 1 atom stereocenters. The fourth-order valence-electron chi connectivity index (χ4n) is 1.90. The lowest BCUT2D eigenvalue weighted by Crippen LogP contribution is -2.33. The lowest BCUT2D eigenvalue weighted by Gasteiger charge is -2.12. The zero-order chi connectivity index (χ0) is 14.6. The van der Waals surface area contributed by atoms with E-state index in [-0.39, 0.29) is 11.1 Å². The number of furan rings is 1. The first-order chi connectivity index (χ1) is 9.51. The minimum atomic E-state index is -3.60. The predicted octanol–water partition coefficient (Wildman–Crippen LogP) is 1.97. The van der Waals surface area contributed by atoms with Gasteiger partial charge in [0.25, 0.3) is 10.0 Å². The van der Waals surface area contributed by atoms with Crippen molar-refractivity contribution in [3.05, 3.63) is 40.3 Å². The van der Waals surface area contributed by atoms with E-state index in [1.165, 1.54) is 6.07 Å². The van der Waals surface area contributed by atoms with Crippen LogP contribution in [0.3, 0.4) is 0 Å². The van der Waals surface area contributed by atoms with Crippen molar-refractivity contribution in [1.82, 2.24) is 10.0 Å². The highest BCUT2D eigenvalue weighted by Crippen LogP contribution is 2.15. The number of nitrogens with one attached hydrogen (secondary N) is 2. The highest BCUT2D eigenvalue weighted by molar-refractivity contribution is 7.89. The summed E-state index contributed by atoms with van der Waals surface area (Å²) in [6.45, 7) is 2.34. The lowest BCUT2D eigenvalue weighted by atomic mass is 10.1. The van der Waals surface area contributed by atoms with Crippen LogP contribution in [0.15, 0.2) is 38.5 Å². The molecule has 2 heterocycles.